The number of sulfonamides is 1. The van der Waals surface area contributed by atoms with E-state index in [9.17, 15) is 8.42 Å². The van der Waals surface area contributed by atoms with Crippen LogP contribution in [0, 0.1) is 6.92 Å². The highest BCUT2D eigenvalue weighted by Crippen LogP contribution is 2.21. The maximum Gasteiger partial charge on any atom is 0.240 e. The van der Waals surface area contributed by atoms with Crippen LogP contribution in [0.2, 0.25) is 0 Å². The maximum atomic E-state index is 12.2. The first kappa shape index (κ1) is 13.0. The number of hydrogen-bond donors (Lipinski definition) is 0. The second-order valence-corrected chi connectivity index (χ2v) is 6.90. The number of benzene rings is 1. The Morgan fingerprint density at radius 2 is 1.94 bits per heavy atom. The van der Waals surface area contributed by atoms with Gasteiger partial charge in [-0.25, -0.2) is 17.7 Å². The largest absolute Gasteiger partial charge is 0.248 e. The van der Waals surface area contributed by atoms with Gasteiger partial charge in [0.15, 0.2) is 5.13 Å². The number of aromatic nitrogens is 1. The van der Waals surface area contributed by atoms with Gasteiger partial charge in [-0.3, -0.25) is 0 Å². The fourth-order valence-corrected chi connectivity index (χ4v) is 3.56. The second-order valence-electron chi connectivity index (χ2n) is 4.02. The van der Waals surface area contributed by atoms with E-state index in [2.05, 4.69) is 4.98 Å². The van der Waals surface area contributed by atoms with Crippen molar-refractivity contribution in [3.63, 3.8) is 0 Å². The Morgan fingerprint density at radius 1 is 1.28 bits per heavy atom. The van der Waals surface area contributed by atoms with Gasteiger partial charge in [-0.1, -0.05) is 29.8 Å². The summed E-state index contributed by atoms with van der Waals surface area (Å²) < 4.78 is 25.6. The highest BCUT2D eigenvalue weighted by Gasteiger charge is 2.20. The van der Waals surface area contributed by atoms with Crippen LogP contribution in [0.4, 0.5) is 5.13 Å². The third-order valence-corrected chi connectivity index (χ3v) is 5.24. The highest BCUT2D eigenvalue weighted by atomic mass is 32.2. The molecule has 0 aliphatic carbocycles. The molecule has 0 unspecified atom stereocenters. The fourth-order valence-electron chi connectivity index (χ4n) is 1.48. The van der Waals surface area contributed by atoms with E-state index in [-0.39, 0.29) is 5.75 Å². The smallest absolute Gasteiger partial charge is 0.240 e. The summed E-state index contributed by atoms with van der Waals surface area (Å²) in [5.74, 6) is -0.0106. The third kappa shape index (κ3) is 2.88. The van der Waals surface area contributed by atoms with Crippen LogP contribution in [0.15, 0.2) is 35.8 Å². The van der Waals surface area contributed by atoms with E-state index in [1.165, 1.54) is 22.7 Å². The number of aryl methyl sites for hydroxylation is 1. The Hall–Kier alpha value is -1.40. The van der Waals surface area contributed by atoms with Crippen molar-refractivity contribution in [2.24, 2.45) is 0 Å². The van der Waals surface area contributed by atoms with Gasteiger partial charge in [0.1, 0.15) is 0 Å². The zero-order chi connectivity index (χ0) is 13.2. The molecule has 4 nitrogen and oxygen atoms in total. The van der Waals surface area contributed by atoms with Crippen molar-refractivity contribution < 1.29 is 8.42 Å². The van der Waals surface area contributed by atoms with Crippen LogP contribution in [0.25, 0.3) is 0 Å². The lowest BCUT2D eigenvalue weighted by molar-refractivity contribution is 0.593. The molecule has 0 atom stereocenters. The molecular formula is C12H14N2O2S2. The molecule has 6 heteroatoms. The van der Waals surface area contributed by atoms with Crippen LogP contribution >= 0.6 is 11.3 Å². The summed E-state index contributed by atoms with van der Waals surface area (Å²) in [6.07, 6.45) is 1.60. The minimum absolute atomic E-state index is 0.0106. The minimum Gasteiger partial charge on any atom is -0.248 e. The number of anilines is 1. The van der Waals surface area contributed by atoms with E-state index < -0.39 is 10.0 Å². The van der Waals surface area contributed by atoms with E-state index >= 15 is 0 Å². The average molecular weight is 282 g/mol. The third-order valence-electron chi connectivity index (χ3n) is 2.58. The average Bonchev–Trinajstić information content (AvgIpc) is 2.84. The molecule has 2 rings (SSSR count). The predicted octanol–water partition coefficient (Wildman–Crippen LogP) is 2.42. The van der Waals surface area contributed by atoms with Gasteiger partial charge in [-0.05, 0) is 12.5 Å². The summed E-state index contributed by atoms with van der Waals surface area (Å²) in [6, 6.07) is 7.49. The molecule has 1 aromatic heterocycles. The molecule has 0 fully saturated rings. The number of rotatable bonds is 4. The molecule has 1 aromatic carbocycles. The van der Waals surface area contributed by atoms with Crippen molar-refractivity contribution >= 4 is 26.5 Å². The highest BCUT2D eigenvalue weighted by molar-refractivity contribution is 7.92. The summed E-state index contributed by atoms with van der Waals surface area (Å²) in [4.78, 5) is 4.00. The lowest BCUT2D eigenvalue weighted by Crippen LogP contribution is -2.27. The van der Waals surface area contributed by atoms with Gasteiger partial charge >= 0.3 is 0 Å². The van der Waals surface area contributed by atoms with Gasteiger partial charge in [0.25, 0.3) is 0 Å². The number of thiazole rings is 1. The van der Waals surface area contributed by atoms with Crippen molar-refractivity contribution in [1.29, 1.82) is 0 Å². The van der Waals surface area contributed by atoms with Gasteiger partial charge in [0.05, 0.1) is 5.75 Å². The SMILES string of the molecule is Cc1ccc(CS(=O)(=O)N(C)c2nccs2)cc1. The molecule has 0 spiro atoms. The lowest BCUT2D eigenvalue weighted by atomic mass is 10.2. The topological polar surface area (TPSA) is 50.3 Å². The molecule has 0 aliphatic heterocycles. The van der Waals surface area contributed by atoms with E-state index in [4.69, 9.17) is 0 Å². The molecule has 0 saturated carbocycles. The Bertz CT molecular complexity index is 604. The van der Waals surface area contributed by atoms with Crippen LogP contribution in [0.3, 0.4) is 0 Å². The molecule has 2 aromatic rings. The summed E-state index contributed by atoms with van der Waals surface area (Å²) >= 11 is 1.31. The summed E-state index contributed by atoms with van der Waals surface area (Å²) in [6.45, 7) is 1.97. The zero-order valence-electron chi connectivity index (χ0n) is 10.2. The van der Waals surface area contributed by atoms with Crippen molar-refractivity contribution in [2.75, 3.05) is 11.4 Å². The summed E-state index contributed by atoms with van der Waals surface area (Å²) in [7, 11) is -1.84. The van der Waals surface area contributed by atoms with Crippen LogP contribution in [0.5, 0.6) is 0 Å². The Balaban J connectivity index is 2.19. The first-order chi connectivity index (χ1) is 8.49. The molecular weight excluding hydrogens is 268 g/mol. The van der Waals surface area contributed by atoms with Crippen molar-refractivity contribution in [3.8, 4) is 0 Å². The van der Waals surface area contributed by atoms with Gasteiger partial charge in [-0.15, -0.1) is 11.3 Å². The first-order valence-corrected chi connectivity index (χ1v) is 7.89. The van der Waals surface area contributed by atoms with Crippen molar-refractivity contribution in [2.45, 2.75) is 12.7 Å². The van der Waals surface area contributed by atoms with Crippen molar-refractivity contribution in [1.82, 2.24) is 4.98 Å². The normalized spacial score (nSPS) is 11.4. The standard InChI is InChI=1S/C12H14N2O2S2/c1-10-3-5-11(6-4-10)9-18(15,16)14(2)12-13-7-8-17-12/h3-8H,9H2,1-2H3. The van der Waals surface area contributed by atoms with E-state index in [1.807, 2.05) is 31.2 Å². The minimum atomic E-state index is -3.37. The van der Waals surface area contributed by atoms with Crippen LogP contribution in [-0.2, 0) is 15.8 Å². The summed E-state index contributed by atoms with van der Waals surface area (Å²) in [5.41, 5.74) is 1.90. The molecule has 0 saturated heterocycles. The van der Waals surface area contributed by atoms with Gasteiger partial charge in [-0.2, -0.15) is 0 Å². The molecule has 18 heavy (non-hydrogen) atoms. The second kappa shape index (κ2) is 5.07. The fraction of sp³-hybridized carbons (Fsp3) is 0.250. The molecule has 1 heterocycles. The van der Waals surface area contributed by atoms with E-state index in [1.54, 1.807) is 11.6 Å². The Morgan fingerprint density at radius 3 is 2.50 bits per heavy atom. The number of nitrogens with zero attached hydrogens (tertiary/aromatic N) is 2. The van der Waals surface area contributed by atoms with Gasteiger partial charge in [0.2, 0.25) is 10.0 Å². The van der Waals surface area contributed by atoms with Crippen LogP contribution in [0.1, 0.15) is 11.1 Å². The lowest BCUT2D eigenvalue weighted by Gasteiger charge is -2.16. The quantitative estimate of drug-likeness (QED) is 0.865. The molecule has 0 radical (unpaired) electrons. The predicted molar refractivity (Wildman–Crippen MR) is 74.3 cm³/mol. The zero-order valence-corrected chi connectivity index (χ0v) is 11.8. The Labute approximate surface area is 111 Å². The molecule has 0 amide bonds. The van der Waals surface area contributed by atoms with E-state index in [0.29, 0.717) is 5.13 Å². The van der Waals surface area contributed by atoms with Crippen molar-refractivity contribution in [3.05, 3.63) is 47.0 Å². The van der Waals surface area contributed by atoms with Gasteiger partial charge in [0, 0.05) is 18.6 Å². The molecule has 0 aliphatic rings. The van der Waals surface area contributed by atoms with Crippen LogP contribution in [-0.4, -0.2) is 20.4 Å². The Kier molecular flexibility index (Phi) is 3.68. The van der Waals surface area contributed by atoms with Crippen LogP contribution < -0.4 is 4.31 Å². The first-order valence-electron chi connectivity index (χ1n) is 5.41. The number of hydrogen-bond acceptors (Lipinski definition) is 4. The monoisotopic (exact) mass is 282 g/mol. The maximum absolute atomic E-state index is 12.2. The van der Waals surface area contributed by atoms with E-state index in [0.717, 1.165) is 11.1 Å². The molecule has 0 bridgehead atoms. The molecule has 0 N–H and O–H groups in total. The van der Waals surface area contributed by atoms with Gasteiger partial charge < -0.3 is 0 Å². The summed E-state index contributed by atoms with van der Waals surface area (Å²) in [5, 5.41) is 2.25. The molecule has 96 valence electrons.